The van der Waals surface area contributed by atoms with Crippen LogP contribution in [0.3, 0.4) is 0 Å². The molecule has 24 heavy (non-hydrogen) atoms. The molecule has 2 rings (SSSR count). The molecule has 1 aromatic carbocycles. The van der Waals surface area contributed by atoms with Crippen molar-refractivity contribution in [2.75, 3.05) is 27.2 Å². The van der Waals surface area contributed by atoms with E-state index in [9.17, 15) is 13.2 Å². The van der Waals surface area contributed by atoms with Crippen molar-refractivity contribution in [2.24, 2.45) is 11.1 Å². The molecular formula is C16H26ClN3O3S. The summed E-state index contributed by atoms with van der Waals surface area (Å²) in [5.41, 5.74) is 6.47. The van der Waals surface area contributed by atoms with E-state index >= 15 is 0 Å². The van der Waals surface area contributed by atoms with Gasteiger partial charge in [-0.3, -0.25) is 4.79 Å². The van der Waals surface area contributed by atoms with Gasteiger partial charge in [-0.1, -0.05) is 13.8 Å². The number of sulfonamides is 1. The molecule has 1 unspecified atom stereocenters. The van der Waals surface area contributed by atoms with Crippen LogP contribution in [0.15, 0.2) is 29.2 Å². The molecule has 1 heterocycles. The maximum Gasteiger partial charge on any atom is 0.253 e. The van der Waals surface area contributed by atoms with E-state index < -0.39 is 10.0 Å². The molecule has 1 aromatic rings. The summed E-state index contributed by atoms with van der Waals surface area (Å²) in [6.07, 6.45) is 0.770. The van der Waals surface area contributed by atoms with E-state index in [1.165, 1.54) is 26.2 Å². The molecule has 1 atom stereocenters. The number of halogens is 1. The van der Waals surface area contributed by atoms with Crippen molar-refractivity contribution in [3.63, 3.8) is 0 Å². The van der Waals surface area contributed by atoms with Gasteiger partial charge in [0.1, 0.15) is 0 Å². The first-order valence-electron chi connectivity index (χ1n) is 7.63. The van der Waals surface area contributed by atoms with Crippen LogP contribution < -0.4 is 5.73 Å². The zero-order valence-corrected chi connectivity index (χ0v) is 16.2. The smallest absolute Gasteiger partial charge is 0.253 e. The van der Waals surface area contributed by atoms with Crippen molar-refractivity contribution < 1.29 is 13.2 Å². The fourth-order valence-corrected chi connectivity index (χ4v) is 3.61. The Morgan fingerprint density at radius 3 is 2.25 bits per heavy atom. The van der Waals surface area contributed by atoms with Crippen molar-refractivity contribution >= 4 is 28.3 Å². The van der Waals surface area contributed by atoms with Crippen LogP contribution in [0.5, 0.6) is 0 Å². The van der Waals surface area contributed by atoms with Gasteiger partial charge in [-0.2, -0.15) is 0 Å². The number of hydrogen-bond acceptors (Lipinski definition) is 4. The number of benzene rings is 1. The molecule has 0 spiro atoms. The van der Waals surface area contributed by atoms with Crippen molar-refractivity contribution in [2.45, 2.75) is 31.2 Å². The van der Waals surface area contributed by atoms with E-state index in [2.05, 4.69) is 13.8 Å². The second kappa shape index (κ2) is 7.39. The number of hydrogen-bond donors (Lipinski definition) is 1. The van der Waals surface area contributed by atoms with Gasteiger partial charge in [0.15, 0.2) is 0 Å². The number of nitrogens with zero attached hydrogens (tertiary/aromatic N) is 2. The first kappa shape index (κ1) is 20.9. The summed E-state index contributed by atoms with van der Waals surface area (Å²) in [5.74, 6) is -0.0845. The molecule has 1 aliphatic rings. The number of piperidine rings is 1. The normalized spacial score (nSPS) is 20.6. The Bertz CT molecular complexity index is 687. The van der Waals surface area contributed by atoms with Crippen LogP contribution in [0.2, 0.25) is 0 Å². The molecule has 0 aromatic heterocycles. The topological polar surface area (TPSA) is 83.7 Å². The van der Waals surface area contributed by atoms with Gasteiger partial charge in [-0.25, -0.2) is 12.7 Å². The molecule has 6 nitrogen and oxygen atoms in total. The largest absolute Gasteiger partial charge is 0.338 e. The Morgan fingerprint density at radius 1 is 1.25 bits per heavy atom. The van der Waals surface area contributed by atoms with Gasteiger partial charge in [-0.15, -0.1) is 12.4 Å². The molecule has 0 radical (unpaired) electrons. The number of likely N-dealkylation sites (tertiary alicyclic amines) is 1. The highest BCUT2D eigenvalue weighted by molar-refractivity contribution is 7.89. The van der Waals surface area contributed by atoms with Gasteiger partial charge in [0, 0.05) is 38.8 Å². The number of amides is 1. The van der Waals surface area contributed by atoms with Crippen molar-refractivity contribution in [1.82, 2.24) is 9.21 Å². The van der Waals surface area contributed by atoms with Crippen molar-refractivity contribution in [1.29, 1.82) is 0 Å². The molecule has 1 fully saturated rings. The minimum atomic E-state index is -3.48. The second-order valence-electron chi connectivity index (χ2n) is 6.92. The van der Waals surface area contributed by atoms with Crippen molar-refractivity contribution in [3.05, 3.63) is 29.8 Å². The molecular weight excluding hydrogens is 350 g/mol. The standard InChI is InChI=1S/C16H25N3O3S.ClH/c1-16(2)11-19(10-9-14(16)17)15(20)12-5-7-13(8-6-12)23(21,22)18(3)4;/h5-8,14H,9-11,17H2,1-4H3;1H. The predicted molar refractivity (Wildman–Crippen MR) is 96.8 cm³/mol. The lowest BCUT2D eigenvalue weighted by Gasteiger charge is -2.42. The van der Waals surface area contributed by atoms with E-state index in [1.807, 2.05) is 0 Å². The fourth-order valence-electron chi connectivity index (χ4n) is 2.71. The predicted octanol–water partition coefficient (Wildman–Crippen LogP) is 1.56. The molecule has 2 N–H and O–H groups in total. The first-order valence-corrected chi connectivity index (χ1v) is 9.07. The lowest BCUT2D eigenvalue weighted by atomic mass is 9.79. The highest BCUT2D eigenvalue weighted by Gasteiger charge is 2.35. The van der Waals surface area contributed by atoms with Crippen LogP contribution in [0.1, 0.15) is 30.6 Å². The maximum atomic E-state index is 12.6. The number of carbonyl (C=O) groups excluding carboxylic acids is 1. The highest BCUT2D eigenvalue weighted by atomic mass is 35.5. The lowest BCUT2D eigenvalue weighted by Crippen LogP contribution is -2.54. The zero-order valence-electron chi connectivity index (χ0n) is 14.5. The second-order valence-corrected chi connectivity index (χ2v) is 9.07. The highest BCUT2D eigenvalue weighted by Crippen LogP contribution is 2.28. The molecule has 0 bridgehead atoms. The van der Waals surface area contributed by atoms with Gasteiger partial charge in [0.2, 0.25) is 10.0 Å². The average Bonchev–Trinajstić information content (AvgIpc) is 2.49. The van der Waals surface area contributed by atoms with Crippen LogP contribution in [-0.2, 0) is 10.0 Å². The summed E-state index contributed by atoms with van der Waals surface area (Å²) in [7, 11) is -0.519. The quantitative estimate of drug-likeness (QED) is 0.868. The fraction of sp³-hybridized carbons (Fsp3) is 0.562. The lowest BCUT2D eigenvalue weighted by molar-refractivity contribution is 0.0533. The molecule has 0 aliphatic carbocycles. The van der Waals surface area contributed by atoms with Gasteiger partial charge < -0.3 is 10.6 Å². The van der Waals surface area contributed by atoms with Gasteiger partial charge in [0.05, 0.1) is 4.90 Å². The molecule has 1 aliphatic heterocycles. The molecule has 136 valence electrons. The number of nitrogens with two attached hydrogens (primary N) is 1. The summed E-state index contributed by atoms with van der Waals surface area (Å²) in [4.78, 5) is 14.6. The zero-order chi connectivity index (χ0) is 17.4. The van der Waals surface area contributed by atoms with Crippen molar-refractivity contribution in [3.8, 4) is 0 Å². The van der Waals surface area contributed by atoms with E-state index in [1.54, 1.807) is 17.0 Å². The minimum absolute atomic E-state index is 0. The minimum Gasteiger partial charge on any atom is -0.338 e. The van der Waals surface area contributed by atoms with Crippen LogP contribution in [0, 0.1) is 5.41 Å². The Labute approximate surface area is 150 Å². The third-order valence-corrected chi connectivity index (χ3v) is 6.31. The number of rotatable bonds is 3. The van der Waals surface area contributed by atoms with Gasteiger partial charge in [-0.05, 0) is 36.1 Å². The summed E-state index contributed by atoms with van der Waals surface area (Å²) in [6, 6.07) is 6.17. The maximum absolute atomic E-state index is 12.6. The Balaban J connectivity index is 0.00000288. The third-order valence-electron chi connectivity index (χ3n) is 4.48. The third kappa shape index (κ3) is 4.08. The first-order chi connectivity index (χ1) is 10.6. The van der Waals surface area contributed by atoms with E-state index in [0.29, 0.717) is 18.7 Å². The van der Waals surface area contributed by atoms with Gasteiger partial charge in [0.25, 0.3) is 5.91 Å². The van der Waals surface area contributed by atoms with E-state index in [-0.39, 0.29) is 34.7 Å². The van der Waals surface area contributed by atoms with Crippen LogP contribution in [0.25, 0.3) is 0 Å². The number of carbonyl (C=O) groups is 1. The average molecular weight is 376 g/mol. The molecule has 1 amide bonds. The van der Waals surface area contributed by atoms with E-state index in [4.69, 9.17) is 5.73 Å². The molecule has 0 saturated carbocycles. The van der Waals surface area contributed by atoms with Crippen LogP contribution in [-0.4, -0.2) is 56.8 Å². The SMILES string of the molecule is CN(C)S(=O)(=O)c1ccc(C(=O)N2CCC(N)C(C)(C)C2)cc1.Cl. The molecule has 8 heteroatoms. The van der Waals surface area contributed by atoms with Gasteiger partial charge >= 0.3 is 0 Å². The van der Waals surface area contributed by atoms with Crippen LogP contribution >= 0.6 is 12.4 Å². The van der Waals surface area contributed by atoms with Crippen LogP contribution in [0.4, 0.5) is 0 Å². The Kier molecular flexibility index (Phi) is 6.43. The summed E-state index contributed by atoms with van der Waals surface area (Å²) in [6.45, 7) is 5.35. The van der Waals surface area contributed by atoms with E-state index in [0.717, 1.165) is 10.7 Å². The molecule has 1 saturated heterocycles. The summed E-state index contributed by atoms with van der Waals surface area (Å²) >= 11 is 0. The summed E-state index contributed by atoms with van der Waals surface area (Å²) in [5, 5.41) is 0. The Hall–Kier alpha value is -1.15. The monoisotopic (exact) mass is 375 g/mol. The Morgan fingerprint density at radius 2 is 1.79 bits per heavy atom. The summed E-state index contributed by atoms with van der Waals surface area (Å²) < 4.78 is 25.3.